The lowest BCUT2D eigenvalue weighted by molar-refractivity contribution is 0.0952. The van der Waals surface area contributed by atoms with E-state index in [4.69, 9.17) is 4.74 Å². The molecule has 4 nitrogen and oxygen atoms in total. The van der Waals surface area contributed by atoms with Gasteiger partial charge in [0, 0.05) is 0 Å². The van der Waals surface area contributed by atoms with Crippen LogP contribution in [-0.4, -0.2) is 18.7 Å². The highest BCUT2D eigenvalue weighted by Gasteiger charge is 2.13. The molecule has 0 saturated heterocycles. The molecular formula is C20H24N2O2. The van der Waals surface area contributed by atoms with Gasteiger partial charge in [-0.05, 0) is 35.6 Å². The number of ether oxygens (including phenoxy) is 1. The fourth-order valence-electron chi connectivity index (χ4n) is 2.30. The molecule has 0 aliphatic heterocycles. The normalized spacial score (nSPS) is 12.0. The van der Waals surface area contributed by atoms with Gasteiger partial charge in [-0.15, -0.1) is 0 Å². The maximum Gasteiger partial charge on any atom is 0.275 e. The first-order valence-corrected chi connectivity index (χ1v) is 7.91. The summed E-state index contributed by atoms with van der Waals surface area (Å²) in [7, 11) is 1.54. The quantitative estimate of drug-likeness (QED) is 0.678. The first-order valence-electron chi connectivity index (χ1n) is 7.91. The molecule has 0 aliphatic carbocycles. The second kappa shape index (κ2) is 7.30. The van der Waals surface area contributed by atoms with Crippen molar-refractivity contribution >= 4 is 11.6 Å². The van der Waals surface area contributed by atoms with Gasteiger partial charge in [0.2, 0.25) is 0 Å². The molecule has 0 atom stereocenters. The van der Waals surface area contributed by atoms with Gasteiger partial charge in [-0.2, -0.15) is 5.10 Å². The fraction of sp³-hybridized carbons (Fsp3) is 0.300. The molecule has 4 heteroatoms. The van der Waals surface area contributed by atoms with Crippen LogP contribution in [0.5, 0.6) is 5.75 Å². The highest BCUT2D eigenvalue weighted by molar-refractivity contribution is 6.01. The Bertz CT molecular complexity index is 741. The molecule has 1 N–H and O–H groups in total. The average molecular weight is 324 g/mol. The van der Waals surface area contributed by atoms with E-state index in [0.29, 0.717) is 11.3 Å². The van der Waals surface area contributed by atoms with Crippen LogP contribution in [0.4, 0.5) is 0 Å². The van der Waals surface area contributed by atoms with Gasteiger partial charge in [0.05, 0.1) is 18.4 Å². The van der Waals surface area contributed by atoms with Crippen LogP contribution in [-0.2, 0) is 5.41 Å². The van der Waals surface area contributed by atoms with Crippen molar-refractivity contribution < 1.29 is 9.53 Å². The SMILES string of the molecule is COc1ccccc1C(=O)N/N=C(/C)c1ccc(C(C)(C)C)cc1. The molecule has 0 spiro atoms. The molecule has 2 aromatic rings. The molecule has 0 fully saturated rings. The molecular weight excluding hydrogens is 300 g/mol. The number of nitrogens with one attached hydrogen (secondary N) is 1. The average Bonchev–Trinajstić information content (AvgIpc) is 2.58. The zero-order valence-electron chi connectivity index (χ0n) is 14.9. The van der Waals surface area contributed by atoms with Gasteiger partial charge in [0.15, 0.2) is 0 Å². The molecule has 0 aromatic heterocycles. The summed E-state index contributed by atoms with van der Waals surface area (Å²) in [5, 5.41) is 4.20. The Kier molecular flexibility index (Phi) is 5.39. The van der Waals surface area contributed by atoms with Crippen LogP contribution in [0.25, 0.3) is 0 Å². The highest BCUT2D eigenvalue weighted by Crippen LogP contribution is 2.22. The van der Waals surface area contributed by atoms with Crippen LogP contribution in [0, 0.1) is 0 Å². The van der Waals surface area contributed by atoms with Gasteiger partial charge in [-0.3, -0.25) is 4.79 Å². The largest absolute Gasteiger partial charge is 0.496 e. The number of carbonyl (C=O) groups excluding carboxylic acids is 1. The lowest BCUT2D eigenvalue weighted by atomic mass is 9.86. The smallest absolute Gasteiger partial charge is 0.275 e. The lowest BCUT2D eigenvalue weighted by Crippen LogP contribution is -2.20. The first-order chi connectivity index (χ1) is 11.3. The van der Waals surface area contributed by atoms with Crippen molar-refractivity contribution in [1.82, 2.24) is 5.43 Å². The maximum absolute atomic E-state index is 12.2. The molecule has 126 valence electrons. The van der Waals surface area contributed by atoms with Gasteiger partial charge in [-0.25, -0.2) is 5.43 Å². The fourth-order valence-corrected chi connectivity index (χ4v) is 2.30. The molecule has 24 heavy (non-hydrogen) atoms. The van der Waals surface area contributed by atoms with Gasteiger partial charge in [0.1, 0.15) is 5.75 Å². The van der Waals surface area contributed by atoms with Crippen molar-refractivity contribution in [3.8, 4) is 5.75 Å². The first kappa shape index (κ1) is 17.7. The molecule has 0 saturated carbocycles. The van der Waals surface area contributed by atoms with E-state index in [1.54, 1.807) is 18.2 Å². The Balaban J connectivity index is 2.12. The van der Waals surface area contributed by atoms with Crippen LogP contribution in [0.3, 0.4) is 0 Å². The van der Waals surface area contributed by atoms with E-state index in [0.717, 1.165) is 11.3 Å². The van der Waals surface area contributed by atoms with Gasteiger partial charge in [0.25, 0.3) is 5.91 Å². The van der Waals surface area contributed by atoms with E-state index in [1.165, 1.54) is 12.7 Å². The summed E-state index contributed by atoms with van der Waals surface area (Å²) >= 11 is 0. The minimum Gasteiger partial charge on any atom is -0.496 e. The number of para-hydroxylation sites is 1. The molecule has 2 rings (SSSR count). The van der Waals surface area contributed by atoms with Crippen LogP contribution < -0.4 is 10.2 Å². The monoisotopic (exact) mass is 324 g/mol. The van der Waals surface area contributed by atoms with Crippen molar-refractivity contribution in [3.63, 3.8) is 0 Å². The number of carbonyl (C=O) groups is 1. The predicted octanol–water partition coefficient (Wildman–Crippen LogP) is 4.15. The molecule has 2 aromatic carbocycles. The Labute approximate surface area is 143 Å². The van der Waals surface area contributed by atoms with Crippen LogP contribution in [0.1, 0.15) is 49.2 Å². The number of amides is 1. The second-order valence-corrected chi connectivity index (χ2v) is 6.67. The Morgan fingerprint density at radius 1 is 1.04 bits per heavy atom. The number of hydrogen-bond donors (Lipinski definition) is 1. The zero-order valence-corrected chi connectivity index (χ0v) is 14.9. The van der Waals surface area contributed by atoms with E-state index < -0.39 is 0 Å². The third-order valence-corrected chi connectivity index (χ3v) is 3.85. The van der Waals surface area contributed by atoms with E-state index >= 15 is 0 Å². The summed E-state index contributed by atoms with van der Waals surface area (Å²) in [6.45, 7) is 8.40. The molecule has 0 aliphatic rings. The van der Waals surface area contributed by atoms with Crippen LogP contribution in [0.2, 0.25) is 0 Å². The Morgan fingerprint density at radius 2 is 1.67 bits per heavy atom. The van der Waals surface area contributed by atoms with E-state index in [-0.39, 0.29) is 11.3 Å². The number of hydrogen-bond acceptors (Lipinski definition) is 3. The summed E-state index contributed by atoms with van der Waals surface area (Å²) in [6.07, 6.45) is 0. The minimum atomic E-state index is -0.293. The molecule has 1 amide bonds. The third kappa shape index (κ3) is 4.22. The standard InChI is InChI=1S/C20H24N2O2/c1-14(15-10-12-16(13-11-15)20(2,3)4)21-22-19(23)17-8-6-7-9-18(17)24-5/h6-13H,1-5H3,(H,22,23)/b21-14-. The molecule has 0 heterocycles. The number of hydrazone groups is 1. The number of methoxy groups -OCH3 is 1. The summed E-state index contributed by atoms with van der Waals surface area (Å²) < 4.78 is 5.19. The van der Waals surface area contributed by atoms with E-state index in [1.807, 2.05) is 25.1 Å². The third-order valence-electron chi connectivity index (χ3n) is 3.85. The Morgan fingerprint density at radius 3 is 2.25 bits per heavy atom. The second-order valence-electron chi connectivity index (χ2n) is 6.67. The Hall–Kier alpha value is -2.62. The highest BCUT2D eigenvalue weighted by atomic mass is 16.5. The lowest BCUT2D eigenvalue weighted by Gasteiger charge is -2.19. The maximum atomic E-state index is 12.2. The minimum absolute atomic E-state index is 0.113. The molecule has 0 bridgehead atoms. The van der Waals surface area contributed by atoms with E-state index in [9.17, 15) is 4.79 Å². The topological polar surface area (TPSA) is 50.7 Å². The number of rotatable bonds is 4. The summed E-state index contributed by atoms with van der Waals surface area (Å²) in [6, 6.07) is 15.3. The summed E-state index contributed by atoms with van der Waals surface area (Å²) in [5.41, 5.74) is 6.14. The number of benzene rings is 2. The predicted molar refractivity (Wildman–Crippen MR) is 97.8 cm³/mol. The molecule has 0 radical (unpaired) electrons. The van der Waals surface area contributed by atoms with Crippen molar-refractivity contribution in [1.29, 1.82) is 0 Å². The van der Waals surface area contributed by atoms with Gasteiger partial charge >= 0.3 is 0 Å². The van der Waals surface area contributed by atoms with Crippen LogP contribution >= 0.6 is 0 Å². The molecule has 0 unspecified atom stereocenters. The summed E-state index contributed by atoms with van der Waals surface area (Å²) in [4.78, 5) is 12.2. The van der Waals surface area contributed by atoms with E-state index in [2.05, 4.69) is 43.4 Å². The van der Waals surface area contributed by atoms with Crippen molar-refractivity contribution in [2.24, 2.45) is 5.10 Å². The van der Waals surface area contributed by atoms with Crippen molar-refractivity contribution in [2.45, 2.75) is 33.1 Å². The van der Waals surface area contributed by atoms with Gasteiger partial charge < -0.3 is 4.74 Å². The summed E-state index contributed by atoms with van der Waals surface area (Å²) in [5.74, 6) is 0.232. The number of nitrogens with zero attached hydrogens (tertiary/aromatic N) is 1. The zero-order chi connectivity index (χ0) is 17.7. The van der Waals surface area contributed by atoms with Gasteiger partial charge in [-0.1, -0.05) is 57.2 Å². The van der Waals surface area contributed by atoms with Crippen LogP contribution in [0.15, 0.2) is 53.6 Å². The van der Waals surface area contributed by atoms with Crippen molar-refractivity contribution in [3.05, 3.63) is 65.2 Å². The van der Waals surface area contributed by atoms with Crippen molar-refractivity contribution in [2.75, 3.05) is 7.11 Å².